The average Bonchev–Trinajstić information content (AvgIpc) is 3.19. The Hall–Kier alpha value is -1.20. The molecule has 4 nitrogen and oxygen atoms in total. The van der Waals surface area contributed by atoms with Gasteiger partial charge in [-0.15, -0.1) is 0 Å². The highest BCUT2D eigenvalue weighted by Crippen LogP contribution is 2.49. The Labute approximate surface area is 126 Å². The fraction of sp³-hybridized carbons (Fsp3) is 0.600. The molecule has 2 fully saturated rings. The van der Waals surface area contributed by atoms with Crippen LogP contribution >= 0.6 is 12.2 Å². The van der Waals surface area contributed by atoms with Crippen molar-refractivity contribution in [3.8, 4) is 0 Å². The minimum atomic E-state index is 0.402. The van der Waals surface area contributed by atoms with Crippen molar-refractivity contribution < 1.29 is 0 Å². The van der Waals surface area contributed by atoms with Crippen molar-refractivity contribution in [1.82, 2.24) is 9.88 Å². The Morgan fingerprint density at radius 1 is 1.25 bits per heavy atom. The number of thiocarbonyl (C=S) groups is 1. The molecule has 108 valence electrons. The average molecular weight is 290 g/mol. The third-order valence-corrected chi connectivity index (χ3v) is 4.56. The second-order valence-electron chi connectivity index (χ2n) is 6.09. The van der Waals surface area contributed by atoms with Gasteiger partial charge in [-0.2, -0.15) is 0 Å². The Kier molecular flexibility index (Phi) is 3.89. The van der Waals surface area contributed by atoms with Gasteiger partial charge >= 0.3 is 0 Å². The molecular weight excluding hydrogens is 268 g/mol. The zero-order valence-electron chi connectivity index (χ0n) is 11.8. The molecule has 1 saturated carbocycles. The van der Waals surface area contributed by atoms with Crippen LogP contribution in [-0.2, 0) is 0 Å². The van der Waals surface area contributed by atoms with Crippen LogP contribution in [0.4, 0.5) is 5.82 Å². The molecule has 1 aromatic heterocycles. The lowest BCUT2D eigenvalue weighted by atomic mass is 10.0. The number of rotatable bonds is 5. The van der Waals surface area contributed by atoms with Gasteiger partial charge in [0.25, 0.3) is 0 Å². The summed E-state index contributed by atoms with van der Waals surface area (Å²) >= 11 is 5.08. The standard InChI is InChI=1S/C15H22N4S/c16-13(20)11-15(4-5-15)12-18-7-9-19(10-8-18)14-3-1-2-6-17-14/h1-3,6H,4-5,7-12H2,(H2,16,20). The Morgan fingerprint density at radius 3 is 2.55 bits per heavy atom. The van der Waals surface area contributed by atoms with Gasteiger partial charge < -0.3 is 10.6 Å². The highest BCUT2D eigenvalue weighted by Gasteiger charge is 2.44. The van der Waals surface area contributed by atoms with Crippen molar-refractivity contribution in [3.63, 3.8) is 0 Å². The smallest absolute Gasteiger partial charge is 0.128 e. The molecule has 1 aliphatic heterocycles. The van der Waals surface area contributed by atoms with Crippen LogP contribution in [0.1, 0.15) is 19.3 Å². The van der Waals surface area contributed by atoms with E-state index in [4.69, 9.17) is 18.0 Å². The monoisotopic (exact) mass is 290 g/mol. The van der Waals surface area contributed by atoms with Crippen LogP contribution in [0.25, 0.3) is 0 Å². The van der Waals surface area contributed by atoms with Crippen LogP contribution < -0.4 is 10.6 Å². The van der Waals surface area contributed by atoms with Gasteiger partial charge in [-0.3, -0.25) is 4.90 Å². The molecule has 1 aliphatic carbocycles. The molecule has 0 unspecified atom stereocenters. The van der Waals surface area contributed by atoms with Crippen LogP contribution in [0.5, 0.6) is 0 Å². The number of nitrogens with two attached hydrogens (primary N) is 1. The first kappa shape index (κ1) is 13.8. The van der Waals surface area contributed by atoms with Crippen molar-refractivity contribution in [2.45, 2.75) is 19.3 Å². The van der Waals surface area contributed by atoms with E-state index in [-0.39, 0.29) is 0 Å². The summed E-state index contributed by atoms with van der Waals surface area (Å²) in [6.07, 6.45) is 5.35. The summed E-state index contributed by atoms with van der Waals surface area (Å²) in [5.74, 6) is 1.09. The van der Waals surface area contributed by atoms with Gasteiger partial charge in [0.2, 0.25) is 0 Å². The Morgan fingerprint density at radius 2 is 2.00 bits per heavy atom. The summed E-state index contributed by atoms with van der Waals surface area (Å²) in [6, 6.07) is 6.10. The molecule has 2 N–H and O–H groups in total. The minimum absolute atomic E-state index is 0.402. The van der Waals surface area contributed by atoms with Gasteiger partial charge in [-0.1, -0.05) is 18.3 Å². The molecule has 1 aromatic rings. The maximum absolute atomic E-state index is 5.72. The van der Waals surface area contributed by atoms with Gasteiger partial charge in [-0.05, 0) is 30.4 Å². The lowest BCUT2D eigenvalue weighted by Gasteiger charge is -2.37. The van der Waals surface area contributed by atoms with Crippen molar-refractivity contribution in [3.05, 3.63) is 24.4 Å². The number of pyridine rings is 1. The highest BCUT2D eigenvalue weighted by molar-refractivity contribution is 7.80. The number of hydrogen-bond acceptors (Lipinski definition) is 4. The van der Waals surface area contributed by atoms with Gasteiger partial charge in [0.15, 0.2) is 0 Å². The van der Waals surface area contributed by atoms with E-state index in [1.165, 1.54) is 12.8 Å². The fourth-order valence-electron chi connectivity index (χ4n) is 3.09. The van der Waals surface area contributed by atoms with Crippen molar-refractivity contribution in [1.29, 1.82) is 0 Å². The maximum atomic E-state index is 5.72. The van der Waals surface area contributed by atoms with Crippen molar-refractivity contribution in [2.24, 2.45) is 11.1 Å². The van der Waals surface area contributed by atoms with E-state index < -0.39 is 0 Å². The molecule has 3 rings (SSSR count). The first-order valence-corrected chi connectivity index (χ1v) is 7.74. The molecule has 20 heavy (non-hydrogen) atoms. The molecule has 0 radical (unpaired) electrons. The Balaban J connectivity index is 1.51. The lowest BCUT2D eigenvalue weighted by molar-refractivity contribution is 0.210. The topological polar surface area (TPSA) is 45.4 Å². The van der Waals surface area contributed by atoms with Gasteiger partial charge in [0.1, 0.15) is 5.82 Å². The summed E-state index contributed by atoms with van der Waals surface area (Å²) in [7, 11) is 0. The molecule has 0 aromatic carbocycles. The van der Waals surface area contributed by atoms with Crippen LogP contribution in [0.15, 0.2) is 24.4 Å². The zero-order valence-corrected chi connectivity index (χ0v) is 12.6. The molecule has 1 saturated heterocycles. The van der Waals surface area contributed by atoms with E-state index in [1.807, 2.05) is 12.3 Å². The number of aromatic nitrogens is 1. The predicted octanol–water partition coefficient (Wildman–Crippen LogP) is 1.66. The summed E-state index contributed by atoms with van der Waals surface area (Å²) in [6.45, 7) is 5.48. The summed E-state index contributed by atoms with van der Waals surface area (Å²) in [4.78, 5) is 10.0. The van der Waals surface area contributed by atoms with E-state index in [0.29, 0.717) is 10.4 Å². The van der Waals surface area contributed by atoms with Crippen LogP contribution in [0, 0.1) is 5.41 Å². The van der Waals surface area contributed by atoms with Gasteiger partial charge in [-0.25, -0.2) is 4.98 Å². The van der Waals surface area contributed by atoms with E-state index in [9.17, 15) is 0 Å². The lowest BCUT2D eigenvalue weighted by Crippen LogP contribution is -2.48. The van der Waals surface area contributed by atoms with Crippen molar-refractivity contribution in [2.75, 3.05) is 37.6 Å². The SMILES string of the molecule is NC(=S)CC1(CN2CCN(c3ccccn3)CC2)CC1. The van der Waals surface area contributed by atoms with Gasteiger partial charge in [0.05, 0.1) is 4.99 Å². The van der Waals surface area contributed by atoms with Crippen LogP contribution in [0.3, 0.4) is 0 Å². The first-order valence-electron chi connectivity index (χ1n) is 7.34. The molecular formula is C15H22N4S. The molecule has 2 heterocycles. The van der Waals surface area contributed by atoms with Crippen LogP contribution in [-0.4, -0.2) is 47.6 Å². The Bertz CT molecular complexity index is 464. The summed E-state index contributed by atoms with van der Waals surface area (Å²) in [5.41, 5.74) is 6.12. The minimum Gasteiger partial charge on any atom is -0.393 e. The third-order valence-electron chi connectivity index (χ3n) is 4.41. The maximum Gasteiger partial charge on any atom is 0.128 e. The second-order valence-corrected chi connectivity index (χ2v) is 6.62. The molecule has 5 heteroatoms. The van der Waals surface area contributed by atoms with Crippen molar-refractivity contribution >= 4 is 23.0 Å². The number of hydrogen-bond donors (Lipinski definition) is 1. The van der Waals surface area contributed by atoms with Gasteiger partial charge in [0, 0.05) is 45.3 Å². The molecule has 0 atom stereocenters. The third kappa shape index (κ3) is 3.27. The first-order chi connectivity index (χ1) is 9.67. The van der Waals surface area contributed by atoms with Crippen LogP contribution in [0.2, 0.25) is 0 Å². The number of piperazine rings is 1. The van der Waals surface area contributed by atoms with E-state index in [1.54, 1.807) is 0 Å². The summed E-state index contributed by atoms with van der Waals surface area (Å²) in [5, 5.41) is 0. The molecule has 2 aliphatic rings. The molecule has 0 amide bonds. The highest BCUT2D eigenvalue weighted by atomic mass is 32.1. The molecule has 0 bridgehead atoms. The second kappa shape index (κ2) is 5.66. The van der Waals surface area contributed by atoms with E-state index >= 15 is 0 Å². The predicted molar refractivity (Wildman–Crippen MR) is 86.0 cm³/mol. The summed E-state index contributed by atoms with van der Waals surface area (Å²) < 4.78 is 0. The number of nitrogens with zero attached hydrogens (tertiary/aromatic N) is 3. The van der Waals surface area contributed by atoms with E-state index in [0.717, 1.165) is 45.0 Å². The fourth-order valence-corrected chi connectivity index (χ4v) is 3.39. The largest absolute Gasteiger partial charge is 0.393 e. The molecule has 0 spiro atoms. The zero-order chi connectivity index (χ0) is 14.0. The number of anilines is 1. The quantitative estimate of drug-likeness (QED) is 0.836. The normalized spacial score (nSPS) is 21.7. The van der Waals surface area contributed by atoms with E-state index in [2.05, 4.69) is 26.9 Å².